The molecular formula is C18H22N4O5S. The Kier molecular flexibility index (Phi) is 4.84. The molecule has 28 heavy (non-hydrogen) atoms. The fraction of sp³-hybridized carbons (Fsp3) is 0.500. The number of benzene rings is 1. The number of hydrogen-bond donors (Lipinski definition) is 1. The summed E-state index contributed by atoms with van der Waals surface area (Å²) in [6.45, 7) is 1.77. The molecular weight excluding hydrogens is 384 g/mol. The second kappa shape index (κ2) is 7.17. The second-order valence-electron chi connectivity index (χ2n) is 7.51. The van der Waals surface area contributed by atoms with Crippen LogP contribution in [-0.4, -0.2) is 65.4 Å². The van der Waals surface area contributed by atoms with Gasteiger partial charge in [-0.3, -0.25) is 19.8 Å². The Labute approximate surface area is 162 Å². The van der Waals surface area contributed by atoms with E-state index < -0.39 is 20.8 Å². The highest BCUT2D eigenvalue weighted by Crippen LogP contribution is 2.24. The molecule has 0 bridgehead atoms. The van der Waals surface area contributed by atoms with E-state index in [1.54, 1.807) is 22.9 Å². The first kappa shape index (κ1) is 18.9. The van der Waals surface area contributed by atoms with Crippen LogP contribution in [-0.2, 0) is 21.2 Å². The van der Waals surface area contributed by atoms with Crippen LogP contribution in [0.1, 0.15) is 12.8 Å². The van der Waals surface area contributed by atoms with Gasteiger partial charge in [-0.1, -0.05) is 0 Å². The number of sulfone groups is 1. The molecule has 3 heterocycles. The number of fused-ring (bicyclic) bond motifs is 1. The van der Waals surface area contributed by atoms with Gasteiger partial charge in [-0.25, -0.2) is 8.42 Å². The number of hydrogen-bond acceptors (Lipinski definition) is 6. The van der Waals surface area contributed by atoms with Crippen molar-refractivity contribution in [3.05, 3.63) is 40.6 Å². The number of non-ortho nitro benzene ring substituents is 1. The number of carbonyl (C=O) groups is 1. The molecule has 4 rings (SSSR count). The Morgan fingerprint density at radius 2 is 1.96 bits per heavy atom. The molecule has 10 heteroatoms. The zero-order valence-corrected chi connectivity index (χ0v) is 16.1. The molecule has 0 spiro atoms. The van der Waals surface area contributed by atoms with E-state index in [2.05, 4.69) is 10.2 Å². The third-order valence-electron chi connectivity index (χ3n) is 5.56. The smallest absolute Gasteiger partial charge is 0.270 e. The molecule has 0 radical (unpaired) electrons. The number of nitro groups is 1. The summed E-state index contributed by atoms with van der Waals surface area (Å²) in [6, 6.07) is 5.65. The minimum absolute atomic E-state index is 0.000631. The SMILES string of the molecule is O=C(Cn1ccc2cc([N+](=O)[O-])ccc21)NC1CS(=O)(=O)CC1N1CCCC1. The van der Waals surface area contributed by atoms with Crippen molar-refractivity contribution in [2.24, 2.45) is 0 Å². The second-order valence-corrected chi connectivity index (χ2v) is 9.66. The van der Waals surface area contributed by atoms with Crippen LogP contribution in [0.5, 0.6) is 0 Å². The summed E-state index contributed by atoms with van der Waals surface area (Å²) in [7, 11) is -3.16. The van der Waals surface area contributed by atoms with Gasteiger partial charge in [0.1, 0.15) is 6.54 Å². The molecule has 0 aliphatic carbocycles. The first-order valence-electron chi connectivity index (χ1n) is 9.29. The maximum atomic E-state index is 12.6. The van der Waals surface area contributed by atoms with Crippen molar-refractivity contribution in [1.82, 2.24) is 14.8 Å². The topological polar surface area (TPSA) is 115 Å². The van der Waals surface area contributed by atoms with Crippen LogP contribution in [0.2, 0.25) is 0 Å². The molecule has 2 aliphatic rings. The molecule has 150 valence electrons. The fourth-order valence-electron chi connectivity index (χ4n) is 4.25. The van der Waals surface area contributed by atoms with E-state index in [9.17, 15) is 23.3 Å². The Morgan fingerprint density at radius 1 is 1.21 bits per heavy atom. The maximum absolute atomic E-state index is 12.6. The molecule has 2 unspecified atom stereocenters. The monoisotopic (exact) mass is 406 g/mol. The van der Waals surface area contributed by atoms with Gasteiger partial charge in [0, 0.05) is 35.3 Å². The number of nitrogens with one attached hydrogen (secondary N) is 1. The van der Waals surface area contributed by atoms with Crippen molar-refractivity contribution in [2.45, 2.75) is 31.5 Å². The van der Waals surface area contributed by atoms with Gasteiger partial charge in [0.25, 0.3) is 5.69 Å². The normalized spacial score (nSPS) is 24.6. The highest BCUT2D eigenvalue weighted by atomic mass is 32.2. The van der Waals surface area contributed by atoms with Gasteiger partial charge in [-0.2, -0.15) is 0 Å². The number of nitrogens with zero attached hydrogens (tertiary/aromatic N) is 3. The van der Waals surface area contributed by atoms with E-state index in [4.69, 9.17) is 0 Å². The summed E-state index contributed by atoms with van der Waals surface area (Å²) in [6.07, 6.45) is 3.81. The highest BCUT2D eigenvalue weighted by Gasteiger charge is 2.42. The summed E-state index contributed by atoms with van der Waals surface area (Å²) < 4.78 is 26.0. The van der Waals surface area contributed by atoms with Crippen molar-refractivity contribution in [3.8, 4) is 0 Å². The van der Waals surface area contributed by atoms with Gasteiger partial charge in [0.15, 0.2) is 9.84 Å². The maximum Gasteiger partial charge on any atom is 0.270 e. The number of nitro benzene ring substituents is 1. The van der Waals surface area contributed by atoms with Gasteiger partial charge in [0.05, 0.1) is 22.5 Å². The van der Waals surface area contributed by atoms with E-state index in [1.165, 1.54) is 12.1 Å². The van der Waals surface area contributed by atoms with E-state index in [-0.39, 0.29) is 35.7 Å². The van der Waals surface area contributed by atoms with Gasteiger partial charge < -0.3 is 9.88 Å². The average molecular weight is 406 g/mol. The van der Waals surface area contributed by atoms with Gasteiger partial charge in [-0.05, 0) is 38.1 Å². The van der Waals surface area contributed by atoms with E-state index in [0.29, 0.717) is 5.39 Å². The van der Waals surface area contributed by atoms with Crippen LogP contribution in [0, 0.1) is 10.1 Å². The average Bonchev–Trinajstić information content (AvgIpc) is 3.34. The molecule has 1 N–H and O–H groups in total. The first-order valence-corrected chi connectivity index (χ1v) is 11.1. The molecule has 1 aromatic heterocycles. The molecule has 1 amide bonds. The molecule has 9 nitrogen and oxygen atoms in total. The van der Waals surface area contributed by atoms with Gasteiger partial charge in [-0.15, -0.1) is 0 Å². The fourth-order valence-corrected chi connectivity index (χ4v) is 6.20. The Hall–Kier alpha value is -2.46. The summed E-state index contributed by atoms with van der Waals surface area (Å²) >= 11 is 0. The molecule has 2 aliphatic heterocycles. The van der Waals surface area contributed by atoms with Crippen molar-refractivity contribution >= 4 is 32.3 Å². The summed E-state index contributed by atoms with van der Waals surface area (Å²) in [5, 5.41) is 14.5. The standard InChI is InChI=1S/C18H22N4O5S/c23-18(10-21-8-5-13-9-14(22(24)25)3-4-16(13)21)19-15-11-28(26,27)12-17(15)20-6-1-2-7-20/h3-5,8-9,15,17H,1-2,6-7,10-12H2,(H,19,23). The predicted molar refractivity (Wildman–Crippen MR) is 104 cm³/mol. The van der Waals surface area contributed by atoms with E-state index in [1.807, 2.05) is 0 Å². The van der Waals surface area contributed by atoms with E-state index >= 15 is 0 Å². The number of amides is 1. The van der Waals surface area contributed by atoms with E-state index in [0.717, 1.165) is 31.4 Å². The van der Waals surface area contributed by atoms with Crippen LogP contribution in [0.4, 0.5) is 5.69 Å². The van der Waals surface area contributed by atoms with Crippen LogP contribution in [0.25, 0.3) is 10.9 Å². The minimum atomic E-state index is -3.16. The lowest BCUT2D eigenvalue weighted by atomic mass is 10.1. The third kappa shape index (κ3) is 3.74. The van der Waals surface area contributed by atoms with Gasteiger partial charge in [0.2, 0.25) is 5.91 Å². The number of aromatic nitrogens is 1. The quantitative estimate of drug-likeness (QED) is 0.583. The lowest BCUT2D eigenvalue weighted by molar-refractivity contribution is -0.384. The minimum Gasteiger partial charge on any atom is -0.349 e. The van der Waals surface area contributed by atoms with Crippen LogP contribution in [0.15, 0.2) is 30.5 Å². The summed E-state index contributed by atoms with van der Waals surface area (Å²) in [5.74, 6) is -0.200. The largest absolute Gasteiger partial charge is 0.349 e. The number of carbonyl (C=O) groups excluding carboxylic acids is 1. The number of rotatable bonds is 5. The summed E-state index contributed by atoms with van der Waals surface area (Å²) in [4.78, 5) is 25.2. The van der Waals surface area contributed by atoms with Gasteiger partial charge >= 0.3 is 0 Å². The third-order valence-corrected chi connectivity index (χ3v) is 7.27. The van der Waals surface area contributed by atoms with Crippen molar-refractivity contribution < 1.29 is 18.1 Å². The van der Waals surface area contributed by atoms with Crippen LogP contribution >= 0.6 is 0 Å². The highest BCUT2D eigenvalue weighted by molar-refractivity contribution is 7.91. The van der Waals surface area contributed by atoms with Crippen LogP contribution in [0.3, 0.4) is 0 Å². The van der Waals surface area contributed by atoms with Crippen molar-refractivity contribution in [1.29, 1.82) is 0 Å². The lowest BCUT2D eigenvalue weighted by Crippen LogP contribution is -2.50. The lowest BCUT2D eigenvalue weighted by Gasteiger charge is -2.28. The Balaban J connectivity index is 1.47. The molecule has 1 aromatic carbocycles. The molecule has 0 saturated carbocycles. The summed E-state index contributed by atoms with van der Waals surface area (Å²) in [5.41, 5.74) is 0.718. The first-order chi connectivity index (χ1) is 13.3. The van der Waals surface area contributed by atoms with Crippen LogP contribution < -0.4 is 5.32 Å². The van der Waals surface area contributed by atoms with Crippen molar-refractivity contribution in [2.75, 3.05) is 24.6 Å². The molecule has 2 atom stereocenters. The van der Waals surface area contributed by atoms with Crippen molar-refractivity contribution in [3.63, 3.8) is 0 Å². The Morgan fingerprint density at radius 3 is 2.68 bits per heavy atom. The molecule has 2 aromatic rings. The Bertz CT molecular complexity index is 1030. The predicted octanol–water partition coefficient (Wildman–Crippen LogP) is 0.927. The zero-order chi connectivity index (χ0) is 19.9. The number of likely N-dealkylation sites (tertiary alicyclic amines) is 1. The molecule has 2 fully saturated rings. The molecule has 2 saturated heterocycles. The zero-order valence-electron chi connectivity index (χ0n) is 15.3.